The van der Waals surface area contributed by atoms with Gasteiger partial charge in [-0.25, -0.2) is 0 Å². The van der Waals surface area contributed by atoms with Crippen molar-refractivity contribution in [1.29, 1.82) is 0 Å². The third-order valence-electron chi connectivity index (χ3n) is 5.40. The molecule has 0 spiro atoms. The van der Waals surface area contributed by atoms with Crippen LogP contribution < -0.4 is 5.32 Å². The Bertz CT molecular complexity index is 896. The summed E-state index contributed by atoms with van der Waals surface area (Å²) >= 11 is 1.72. The summed E-state index contributed by atoms with van der Waals surface area (Å²) in [6, 6.07) is 16.4. The van der Waals surface area contributed by atoms with Crippen LogP contribution in [0.4, 0.5) is 0 Å². The highest BCUT2D eigenvalue weighted by Crippen LogP contribution is 2.24. The lowest BCUT2D eigenvalue weighted by molar-refractivity contribution is 0.0888. The van der Waals surface area contributed by atoms with Crippen LogP contribution >= 0.6 is 11.3 Å². The molecule has 140 valence electrons. The Morgan fingerprint density at radius 1 is 1.07 bits per heavy atom. The Labute approximate surface area is 164 Å². The van der Waals surface area contributed by atoms with Crippen molar-refractivity contribution in [3.63, 3.8) is 0 Å². The first-order chi connectivity index (χ1) is 13.2. The topological polar surface area (TPSA) is 35.6 Å². The number of fused-ring (bicyclic) bond motifs is 1. The number of piperazine rings is 1. The lowest BCUT2D eigenvalue weighted by Gasteiger charge is -2.38. The highest BCUT2D eigenvalue weighted by atomic mass is 32.1. The minimum absolute atomic E-state index is 0.00107. The Kier molecular flexibility index (Phi) is 5.53. The van der Waals surface area contributed by atoms with Gasteiger partial charge in [0.2, 0.25) is 0 Å². The molecule has 1 aromatic heterocycles. The van der Waals surface area contributed by atoms with Crippen LogP contribution in [0.5, 0.6) is 0 Å². The van der Waals surface area contributed by atoms with Gasteiger partial charge in [0.1, 0.15) is 0 Å². The number of amides is 1. The summed E-state index contributed by atoms with van der Waals surface area (Å²) in [4.78, 5) is 17.8. The number of benzene rings is 2. The van der Waals surface area contributed by atoms with Gasteiger partial charge in [-0.1, -0.05) is 36.4 Å². The van der Waals surface area contributed by atoms with Gasteiger partial charge in [-0.05, 0) is 46.3 Å². The zero-order valence-electron chi connectivity index (χ0n) is 15.6. The second-order valence-electron chi connectivity index (χ2n) is 7.15. The molecule has 1 amide bonds. The molecule has 4 rings (SSSR count). The van der Waals surface area contributed by atoms with Crippen LogP contribution in [0.15, 0.2) is 59.3 Å². The van der Waals surface area contributed by atoms with E-state index in [1.807, 2.05) is 42.5 Å². The number of thiophene rings is 1. The molecule has 2 heterocycles. The van der Waals surface area contributed by atoms with Crippen LogP contribution in [0.3, 0.4) is 0 Å². The lowest BCUT2D eigenvalue weighted by Crippen LogP contribution is -2.48. The molecule has 3 aromatic rings. The first-order valence-electron chi connectivity index (χ1n) is 9.43. The Hall–Kier alpha value is -2.21. The van der Waals surface area contributed by atoms with Crippen LogP contribution in [-0.4, -0.2) is 55.5 Å². The van der Waals surface area contributed by atoms with E-state index in [0.717, 1.165) is 42.5 Å². The smallest absolute Gasteiger partial charge is 0.251 e. The van der Waals surface area contributed by atoms with Crippen molar-refractivity contribution in [2.75, 3.05) is 39.8 Å². The number of hydrogen-bond donors (Lipinski definition) is 1. The summed E-state index contributed by atoms with van der Waals surface area (Å²) in [7, 11) is 2.17. The summed E-state index contributed by atoms with van der Waals surface area (Å²) in [5.74, 6) is 0.00107. The van der Waals surface area contributed by atoms with Crippen LogP contribution in [0.25, 0.3) is 10.8 Å². The number of nitrogens with zero attached hydrogens (tertiary/aromatic N) is 2. The van der Waals surface area contributed by atoms with Crippen molar-refractivity contribution in [3.05, 3.63) is 70.4 Å². The van der Waals surface area contributed by atoms with E-state index in [0.29, 0.717) is 6.54 Å². The van der Waals surface area contributed by atoms with Crippen molar-refractivity contribution in [3.8, 4) is 0 Å². The molecule has 0 unspecified atom stereocenters. The molecule has 2 aromatic carbocycles. The number of nitrogens with one attached hydrogen (secondary N) is 1. The quantitative estimate of drug-likeness (QED) is 0.735. The van der Waals surface area contributed by atoms with Gasteiger partial charge in [0.05, 0.1) is 6.04 Å². The van der Waals surface area contributed by atoms with Crippen molar-refractivity contribution < 1.29 is 4.79 Å². The van der Waals surface area contributed by atoms with E-state index in [1.165, 1.54) is 5.56 Å². The minimum Gasteiger partial charge on any atom is -0.350 e. The van der Waals surface area contributed by atoms with Crippen LogP contribution in [0.1, 0.15) is 22.0 Å². The predicted octanol–water partition coefficient (Wildman–Crippen LogP) is 3.62. The second-order valence-corrected chi connectivity index (χ2v) is 7.93. The molecule has 0 saturated carbocycles. The number of rotatable bonds is 5. The van der Waals surface area contributed by atoms with Crippen molar-refractivity contribution >= 4 is 28.0 Å². The summed E-state index contributed by atoms with van der Waals surface area (Å²) in [5.41, 5.74) is 2.04. The van der Waals surface area contributed by atoms with Crippen molar-refractivity contribution in [2.45, 2.75) is 6.04 Å². The third-order valence-corrected chi connectivity index (χ3v) is 6.10. The number of carbonyl (C=O) groups is 1. The molecule has 5 heteroatoms. The van der Waals surface area contributed by atoms with Gasteiger partial charge in [-0.2, -0.15) is 11.3 Å². The molecule has 0 radical (unpaired) electrons. The number of carbonyl (C=O) groups excluding carboxylic acids is 1. The molecule has 1 atom stereocenters. The van der Waals surface area contributed by atoms with E-state index in [2.05, 4.69) is 39.0 Å². The fourth-order valence-electron chi connectivity index (χ4n) is 3.76. The summed E-state index contributed by atoms with van der Waals surface area (Å²) < 4.78 is 0. The average Bonchev–Trinajstić information content (AvgIpc) is 3.23. The molecule has 0 bridgehead atoms. The van der Waals surface area contributed by atoms with Gasteiger partial charge in [0, 0.05) is 38.3 Å². The molecule has 1 aliphatic heterocycles. The number of likely N-dealkylation sites (N-methyl/N-ethyl adjacent to an activating group) is 1. The number of hydrogen-bond acceptors (Lipinski definition) is 4. The van der Waals surface area contributed by atoms with Crippen LogP contribution in [-0.2, 0) is 0 Å². The molecule has 0 aliphatic carbocycles. The second kappa shape index (κ2) is 8.21. The van der Waals surface area contributed by atoms with Gasteiger partial charge in [-0.15, -0.1) is 0 Å². The fourth-order valence-corrected chi connectivity index (χ4v) is 4.47. The lowest BCUT2D eigenvalue weighted by atomic mass is 10.0. The van der Waals surface area contributed by atoms with E-state index in [-0.39, 0.29) is 11.9 Å². The fraction of sp³-hybridized carbons (Fsp3) is 0.318. The van der Waals surface area contributed by atoms with Crippen molar-refractivity contribution in [2.24, 2.45) is 0 Å². The monoisotopic (exact) mass is 379 g/mol. The molecular formula is C22H25N3OS. The van der Waals surface area contributed by atoms with Gasteiger partial charge in [0.25, 0.3) is 5.91 Å². The molecule has 4 nitrogen and oxygen atoms in total. The summed E-state index contributed by atoms with van der Waals surface area (Å²) in [6.07, 6.45) is 0. The molecule has 1 N–H and O–H groups in total. The van der Waals surface area contributed by atoms with E-state index in [1.54, 1.807) is 11.3 Å². The maximum absolute atomic E-state index is 12.9. The van der Waals surface area contributed by atoms with Gasteiger partial charge < -0.3 is 10.2 Å². The summed E-state index contributed by atoms with van der Waals surface area (Å²) in [5, 5.41) is 9.62. The van der Waals surface area contributed by atoms with Gasteiger partial charge in [-0.3, -0.25) is 9.69 Å². The van der Waals surface area contributed by atoms with Crippen LogP contribution in [0.2, 0.25) is 0 Å². The standard InChI is InChI=1S/C22H25N3OS/c1-24-10-12-25(13-11-24)21(18-9-14-27-16-18)15-23-22(26)20-8-4-6-17-5-2-3-7-19(17)20/h2-9,14,16,21H,10-13,15H2,1H3,(H,23,26)/t21-/m1/s1. The largest absolute Gasteiger partial charge is 0.350 e. The van der Waals surface area contributed by atoms with E-state index in [4.69, 9.17) is 0 Å². The average molecular weight is 380 g/mol. The first kappa shape index (κ1) is 18.2. The maximum Gasteiger partial charge on any atom is 0.251 e. The first-order valence-corrected chi connectivity index (χ1v) is 10.4. The van der Waals surface area contributed by atoms with E-state index in [9.17, 15) is 4.79 Å². The normalized spacial score (nSPS) is 17.1. The highest BCUT2D eigenvalue weighted by Gasteiger charge is 2.25. The van der Waals surface area contributed by atoms with Gasteiger partial charge in [0.15, 0.2) is 0 Å². The third kappa shape index (κ3) is 4.05. The Morgan fingerprint density at radius 3 is 2.63 bits per heavy atom. The maximum atomic E-state index is 12.9. The zero-order valence-corrected chi connectivity index (χ0v) is 16.4. The Morgan fingerprint density at radius 2 is 1.85 bits per heavy atom. The zero-order chi connectivity index (χ0) is 18.6. The molecule has 1 aliphatic rings. The summed E-state index contributed by atoms with van der Waals surface area (Å²) in [6.45, 7) is 4.82. The predicted molar refractivity (Wildman–Crippen MR) is 112 cm³/mol. The SMILES string of the molecule is CN1CCN([C@H](CNC(=O)c2cccc3ccccc23)c2ccsc2)CC1. The van der Waals surface area contributed by atoms with E-state index < -0.39 is 0 Å². The molecule has 1 fully saturated rings. The minimum atomic E-state index is 0.00107. The molecule has 1 saturated heterocycles. The highest BCUT2D eigenvalue weighted by molar-refractivity contribution is 7.08. The van der Waals surface area contributed by atoms with E-state index >= 15 is 0 Å². The van der Waals surface area contributed by atoms with Gasteiger partial charge >= 0.3 is 0 Å². The molecular weight excluding hydrogens is 354 g/mol. The van der Waals surface area contributed by atoms with Crippen molar-refractivity contribution in [1.82, 2.24) is 15.1 Å². The molecule has 27 heavy (non-hydrogen) atoms. The Balaban J connectivity index is 1.51. The van der Waals surface area contributed by atoms with Crippen LogP contribution in [0, 0.1) is 0 Å².